The summed E-state index contributed by atoms with van der Waals surface area (Å²) in [6.07, 6.45) is 5.00. The van der Waals surface area contributed by atoms with E-state index in [2.05, 4.69) is 0 Å². The Bertz CT molecular complexity index is 541. The fraction of sp³-hybridized carbons (Fsp3) is 0.556. The Morgan fingerprint density at radius 2 is 2.13 bits per heavy atom. The normalized spacial score (nSPS) is 17.7. The van der Waals surface area contributed by atoms with Gasteiger partial charge in [-0.2, -0.15) is 0 Å². The molecular weight excluding hydrogens is 314 g/mol. The van der Waals surface area contributed by atoms with Crippen molar-refractivity contribution in [3.63, 3.8) is 0 Å². The van der Waals surface area contributed by atoms with E-state index >= 15 is 0 Å². The number of halogens is 1. The number of ether oxygens (including phenoxy) is 1. The van der Waals surface area contributed by atoms with Gasteiger partial charge < -0.3 is 9.64 Å². The molecule has 1 aliphatic rings. The summed E-state index contributed by atoms with van der Waals surface area (Å²) in [6.45, 7) is 1.51. The maximum absolute atomic E-state index is 12.1. The summed E-state index contributed by atoms with van der Waals surface area (Å²) in [5.41, 5.74) is 0.559. The van der Waals surface area contributed by atoms with Crippen molar-refractivity contribution in [1.29, 1.82) is 0 Å². The second-order valence-electron chi connectivity index (χ2n) is 6.03. The molecule has 0 spiro atoms. The van der Waals surface area contributed by atoms with Crippen molar-refractivity contribution in [2.24, 2.45) is 0 Å². The predicted octanol–water partition coefficient (Wildman–Crippen LogP) is 3.72. The van der Waals surface area contributed by atoms with E-state index in [1.807, 2.05) is 0 Å². The lowest BCUT2D eigenvalue weighted by Crippen LogP contribution is -2.31. The standard InChI is InChI=1S/C18H24ClNO3/c1-20(11-10-16-7-2-3-12-23-16)18(22)9-8-17(21)14-5-4-6-15(19)13-14/h4-6,13,16H,2-3,7-12H2,1H3. The zero-order chi connectivity index (χ0) is 16.7. The molecular formula is C18H24ClNO3. The molecule has 5 heteroatoms. The van der Waals surface area contributed by atoms with E-state index in [0.717, 1.165) is 25.9 Å². The summed E-state index contributed by atoms with van der Waals surface area (Å²) in [5.74, 6) is -0.0546. The van der Waals surface area contributed by atoms with Gasteiger partial charge in [0, 0.05) is 43.6 Å². The SMILES string of the molecule is CN(CCC1CCCCO1)C(=O)CCC(=O)c1cccc(Cl)c1. The van der Waals surface area contributed by atoms with Crippen LogP contribution in [0.4, 0.5) is 0 Å². The van der Waals surface area contributed by atoms with E-state index < -0.39 is 0 Å². The molecule has 1 aromatic carbocycles. The molecule has 4 nitrogen and oxygen atoms in total. The minimum atomic E-state index is -0.0511. The Hall–Kier alpha value is -1.39. The summed E-state index contributed by atoms with van der Waals surface area (Å²) < 4.78 is 5.67. The number of hydrogen-bond acceptors (Lipinski definition) is 3. The molecule has 0 bridgehead atoms. The van der Waals surface area contributed by atoms with Crippen molar-refractivity contribution in [3.05, 3.63) is 34.9 Å². The van der Waals surface area contributed by atoms with Crippen molar-refractivity contribution in [2.45, 2.75) is 44.6 Å². The van der Waals surface area contributed by atoms with Crippen molar-refractivity contribution < 1.29 is 14.3 Å². The molecule has 23 heavy (non-hydrogen) atoms. The zero-order valence-electron chi connectivity index (χ0n) is 13.6. The Kier molecular flexibility index (Phi) is 7.06. The molecule has 1 fully saturated rings. The highest BCUT2D eigenvalue weighted by Gasteiger charge is 2.17. The number of ketones is 1. The first-order valence-corrected chi connectivity index (χ1v) is 8.58. The highest BCUT2D eigenvalue weighted by molar-refractivity contribution is 6.31. The van der Waals surface area contributed by atoms with Crippen LogP contribution in [0.5, 0.6) is 0 Å². The van der Waals surface area contributed by atoms with Gasteiger partial charge in [-0.05, 0) is 37.8 Å². The minimum absolute atomic E-state index is 0.00353. The quantitative estimate of drug-likeness (QED) is 0.712. The van der Waals surface area contributed by atoms with Crippen LogP contribution >= 0.6 is 11.6 Å². The van der Waals surface area contributed by atoms with Crippen LogP contribution in [0.3, 0.4) is 0 Å². The van der Waals surface area contributed by atoms with Crippen LogP contribution in [0.25, 0.3) is 0 Å². The molecule has 1 aliphatic heterocycles. The topological polar surface area (TPSA) is 46.6 Å². The van der Waals surface area contributed by atoms with Gasteiger partial charge in [-0.25, -0.2) is 0 Å². The number of carbonyl (C=O) groups excluding carboxylic acids is 2. The molecule has 0 radical (unpaired) electrons. The van der Waals surface area contributed by atoms with Gasteiger partial charge in [0.25, 0.3) is 0 Å². The number of carbonyl (C=O) groups is 2. The van der Waals surface area contributed by atoms with Gasteiger partial charge in [-0.15, -0.1) is 0 Å². The molecule has 1 heterocycles. The highest BCUT2D eigenvalue weighted by Crippen LogP contribution is 2.16. The van der Waals surface area contributed by atoms with E-state index in [9.17, 15) is 9.59 Å². The van der Waals surface area contributed by atoms with Crippen LogP contribution in [-0.4, -0.2) is 42.9 Å². The summed E-state index contributed by atoms with van der Waals surface area (Å²) in [5, 5.41) is 0.534. The molecule has 0 aromatic heterocycles. The molecule has 0 N–H and O–H groups in total. The lowest BCUT2D eigenvalue weighted by Gasteiger charge is -2.25. The van der Waals surface area contributed by atoms with Crippen LogP contribution in [-0.2, 0) is 9.53 Å². The van der Waals surface area contributed by atoms with Crippen LogP contribution in [0, 0.1) is 0 Å². The number of Topliss-reactive ketones (excluding diaryl/α,β-unsaturated/α-hetero) is 1. The smallest absolute Gasteiger partial charge is 0.222 e. The second kappa shape index (κ2) is 9.04. The number of amides is 1. The van der Waals surface area contributed by atoms with Gasteiger partial charge in [0.2, 0.25) is 5.91 Å². The molecule has 1 atom stereocenters. The summed E-state index contributed by atoms with van der Waals surface area (Å²) in [7, 11) is 1.79. The van der Waals surface area contributed by atoms with Crippen LogP contribution in [0.1, 0.15) is 48.9 Å². The lowest BCUT2D eigenvalue weighted by molar-refractivity contribution is -0.130. The Morgan fingerprint density at radius 1 is 1.30 bits per heavy atom. The Balaban J connectivity index is 1.71. The first-order chi connectivity index (χ1) is 11.1. The maximum Gasteiger partial charge on any atom is 0.222 e. The molecule has 1 saturated heterocycles. The summed E-state index contributed by atoms with van der Waals surface area (Å²) >= 11 is 5.88. The first kappa shape index (κ1) is 18.0. The third kappa shape index (κ3) is 5.96. The van der Waals surface area contributed by atoms with Gasteiger partial charge in [0.15, 0.2) is 5.78 Å². The number of hydrogen-bond donors (Lipinski definition) is 0. The fourth-order valence-electron chi connectivity index (χ4n) is 2.72. The summed E-state index contributed by atoms with van der Waals surface area (Å²) in [4.78, 5) is 25.9. The van der Waals surface area contributed by atoms with Crippen molar-refractivity contribution in [2.75, 3.05) is 20.2 Å². The minimum Gasteiger partial charge on any atom is -0.378 e. The third-order valence-corrected chi connectivity index (χ3v) is 4.43. The number of rotatable bonds is 7. The van der Waals surface area contributed by atoms with Crippen LogP contribution in [0.15, 0.2) is 24.3 Å². The monoisotopic (exact) mass is 337 g/mol. The number of benzene rings is 1. The average molecular weight is 338 g/mol. The van der Waals surface area contributed by atoms with E-state index in [1.165, 1.54) is 6.42 Å². The maximum atomic E-state index is 12.1. The van der Waals surface area contributed by atoms with E-state index in [4.69, 9.17) is 16.3 Å². The molecule has 1 unspecified atom stereocenters. The predicted molar refractivity (Wildman–Crippen MR) is 90.9 cm³/mol. The van der Waals surface area contributed by atoms with Gasteiger partial charge in [-0.1, -0.05) is 23.7 Å². The van der Waals surface area contributed by atoms with Gasteiger partial charge in [0.1, 0.15) is 0 Å². The Labute approximate surface area is 142 Å². The van der Waals surface area contributed by atoms with E-state index in [-0.39, 0.29) is 30.6 Å². The van der Waals surface area contributed by atoms with Gasteiger partial charge >= 0.3 is 0 Å². The van der Waals surface area contributed by atoms with E-state index in [1.54, 1.807) is 36.2 Å². The molecule has 1 aromatic rings. The lowest BCUT2D eigenvalue weighted by atomic mass is 10.1. The van der Waals surface area contributed by atoms with Gasteiger partial charge in [0.05, 0.1) is 6.10 Å². The van der Waals surface area contributed by atoms with Gasteiger partial charge in [-0.3, -0.25) is 9.59 Å². The first-order valence-electron chi connectivity index (χ1n) is 8.20. The molecule has 0 saturated carbocycles. The Morgan fingerprint density at radius 3 is 2.83 bits per heavy atom. The third-order valence-electron chi connectivity index (χ3n) is 4.20. The molecule has 126 valence electrons. The molecule has 2 rings (SSSR count). The second-order valence-corrected chi connectivity index (χ2v) is 6.46. The average Bonchev–Trinajstić information content (AvgIpc) is 2.58. The fourth-order valence-corrected chi connectivity index (χ4v) is 2.91. The highest BCUT2D eigenvalue weighted by atomic mass is 35.5. The van der Waals surface area contributed by atoms with Crippen LogP contribution < -0.4 is 0 Å². The zero-order valence-corrected chi connectivity index (χ0v) is 14.3. The van der Waals surface area contributed by atoms with Crippen molar-refractivity contribution >= 4 is 23.3 Å². The van der Waals surface area contributed by atoms with Crippen molar-refractivity contribution in [1.82, 2.24) is 4.90 Å². The van der Waals surface area contributed by atoms with Crippen molar-refractivity contribution in [3.8, 4) is 0 Å². The molecule has 0 aliphatic carbocycles. The van der Waals surface area contributed by atoms with E-state index in [0.29, 0.717) is 17.1 Å². The largest absolute Gasteiger partial charge is 0.378 e. The van der Waals surface area contributed by atoms with Crippen LogP contribution in [0.2, 0.25) is 5.02 Å². The molecule has 1 amide bonds. The number of nitrogens with zero attached hydrogens (tertiary/aromatic N) is 1. The summed E-state index contributed by atoms with van der Waals surface area (Å²) in [6, 6.07) is 6.83.